The molecular weight excluding hydrogens is 441 g/mol. The minimum atomic E-state index is -3.47. The first-order valence-corrected chi connectivity index (χ1v) is 12.6. The summed E-state index contributed by atoms with van der Waals surface area (Å²) in [5, 5.41) is 0.516. The number of hydrogen-bond donors (Lipinski definition) is 1. The van der Waals surface area contributed by atoms with Crippen molar-refractivity contribution in [2.24, 2.45) is 0 Å². The van der Waals surface area contributed by atoms with Crippen molar-refractivity contribution >= 4 is 27.7 Å². The Morgan fingerprint density at radius 2 is 1.94 bits per heavy atom. The lowest BCUT2D eigenvalue weighted by Gasteiger charge is -2.37. The summed E-state index contributed by atoms with van der Waals surface area (Å²) >= 11 is 6.07. The molecule has 0 saturated carbocycles. The monoisotopic (exact) mass is 465 g/mol. The molecule has 0 bridgehead atoms. The van der Waals surface area contributed by atoms with E-state index >= 15 is 4.39 Å². The Labute approximate surface area is 187 Å². The first-order chi connectivity index (χ1) is 14.7. The van der Waals surface area contributed by atoms with Crippen LogP contribution in [0.4, 0.5) is 9.18 Å². The van der Waals surface area contributed by atoms with Crippen molar-refractivity contribution < 1.29 is 17.6 Å². The Morgan fingerprint density at radius 1 is 1.19 bits per heavy atom. The number of urea groups is 1. The Morgan fingerprint density at radius 3 is 2.58 bits per heavy atom. The van der Waals surface area contributed by atoms with Crippen LogP contribution in [-0.2, 0) is 16.4 Å². The van der Waals surface area contributed by atoms with Gasteiger partial charge in [0.1, 0.15) is 5.82 Å². The van der Waals surface area contributed by atoms with Crippen molar-refractivity contribution in [1.29, 1.82) is 0 Å². The zero-order valence-corrected chi connectivity index (χ0v) is 18.8. The number of halogens is 2. The topological polar surface area (TPSA) is 69.7 Å². The van der Waals surface area contributed by atoms with Gasteiger partial charge in [0.2, 0.25) is 10.0 Å². The van der Waals surface area contributed by atoms with E-state index in [1.165, 1.54) is 0 Å². The van der Waals surface area contributed by atoms with Gasteiger partial charge in [-0.2, -0.15) is 0 Å². The second kappa shape index (κ2) is 8.76. The molecule has 2 amide bonds. The molecule has 2 aromatic carbocycles. The van der Waals surface area contributed by atoms with Gasteiger partial charge >= 0.3 is 6.03 Å². The Bertz CT molecular complexity index is 1090. The molecule has 0 aliphatic carbocycles. The van der Waals surface area contributed by atoms with Gasteiger partial charge in [0.05, 0.1) is 12.3 Å². The molecule has 6 nitrogen and oxygen atoms in total. The number of rotatable bonds is 5. The second-order valence-electron chi connectivity index (χ2n) is 8.16. The lowest BCUT2D eigenvalue weighted by Crippen LogP contribution is -2.54. The number of nitrogens with one attached hydrogen (secondary N) is 1. The van der Waals surface area contributed by atoms with Gasteiger partial charge < -0.3 is 9.80 Å². The van der Waals surface area contributed by atoms with Gasteiger partial charge in [-0.05, 0) is 42.5 Å². The van der Waals surface area contributed by atoms with Crippen LogP contribution in [0.15, 0.2) is 42.5 Å². The predicted molar refractivity (Wildman–Crippen MR) is 119 cm³/mol. The normalized spacial score (nSPS) is 21.3. The molecule has 0 spiro atoms. The third-order valence-corrected chi connectivity index (χ3v) is 6.89. The Kier molecular flexibility index (Phi) is 6.23. The molecule has 4 rings (SSSR count). The summed E-state index contributed by atoms with van der Waals surface area (Å²) in [5.74, 6) is -0.383. The van der Waals surface area contributed by atoms with Crippen LogP contribution in [-0.4, -0.2) is 62.2 Å². The van der Waals surface area contributed by atoms with Gasteiger partial charge in [0, 0.05) is 36.3 Å². The van der Waals surface area contributed by atoms with Gasteiger partial charge in [0.15, 0.2) is 0 Å². The average molecular weight is 466 g/mol. The average Bonchev–Trinajstić information content (AvgIpc) is 3.02. The van der Waals surface area contributed by atoms with Crippen molar-refractivity contribution in [3.8, 4) is 11.1 Å². The highest BCUT2D eigenvalue weighted by atomic mass is 35.5. The van der Waals surface area contributed by atoms with Gasteiger partial charge in [0.25, 0.3) is 0 Å². The molecule has 2 saturated heterocycles. The van der Waals surface area contributed by atoms with E-state index in [1.807, 2.05) is 0 Å². The smallest absolute Gasteiger partial charge is 0.320 e. The molecule has 2 heterocycles. The lowest BCUT2D eigenvalue weighted by atomic mass is 9.96. The van der Waals surface area contributed by atoms with Crippen molar-refractivity contribution in [2.75, 3.05) is 25.9 Å². The van der Waals surface area contributed by atoms with E-state index in [2.05, 4.69) is 4.72 Å². The highest BCUT2D eigenvalue weighted by Gasteiger charge is 2.41. The summed E-state index contributed by atoms with van der Waals surface area (Å²) < 4.78 is 41.9. The van der Waals surface area contributed by atoms with Crippen LogP contribution in [0.3, 0.4) is 0 Å². The summed E-state index contributed by atoms with van der Waals surface area (Å²) in [4.78, 5) is 16.3. The van der Waals surface area contributed by atoms with Crippen LogP contribution in [0.1, 0.15) is 18.4 Å². The molecule has 1 N–H and O–H groups in total. The van der Waals surface area contributed by atoms with Crippen LogP contribution >= 0.6 is 11.6 Å². The van der Waals surface area contributed by atoms with Gasteiger partial charge in [-0.25, -0.2) is 22.3 Å². The maximum absolute atomic E-state index is 15.5. The third kappa shape index (κ3) is 4.86. The molecule has 0 radical (unpaired) electrons. The molecule has 2 aliphatic heterocycles. The number of nitrogens with zero attached hydrogens (tertiary/aromatic N) is 2. The molecule has 9 heteroatoms. The van der Waals surface area contributed by atoms with Gasteiger partial charge in [-0.3, -0.25) is 0 Å². The number of carbonyl (C=O) groups excluding carboxylic acids is 1. The predicted octanol–water partition coefficient (Wildman–Crippen LogP) is 3.51. The lowest BCUT2D eigenvalue weighted by molar-refractivity contribution is 0.120. The molecule has 0 unspecified atom stereocenters. The quantitative estimate of drug-likeness (QED) is 0.734. The fourth-order valence-electron chi connectivity index (χ4n) is 4.29. The van der Waals surface area contributed by atoms with Crippen LogP contribution in [0.5, 0.6) is 0 Å². The molecule has 2 aromatic rings. The molecule has 2 atom stereocenters. The summed E-state index contributed by atoms with van der Waals surface area (Å²) in [5.41, 5.74) is 1.52. The minimum absolute atomic E-state index is 0.111. The molecule has 0 aromatic heterocycles. The molecule has 31 heavy (non-hydrogen) atoms. The van der Waals surface area contributed by atoms with Crippen molar-refractivity contribution in [2.45, 2.75) is 31.3 Å². The molecule has 166 valence electrons. The summed E-state index contributed by atoms with van der Waals surface area (Å²) in [7, 11) is -3.47. The van der Waals surface area contributed by atoms with Crippen LogP contribution < -0.4 is 4.72 Å². The SMILES string of the molecule is CS(=O)(=O)N[C@H]1CCN(C(=O)N2CCC2)[C@H]1Cc1cccc(-c2cccc(Cl)c2)c1F. The van der Waals surface area contributed by atoms with Crippen molar-refractivity contribution in [1.82, 2.24) is 14.5 Å². The summed E-state index contributed by atoms with van der Waals surface area (Å²) in [6, 6.07) is 11.1. The van der Waals surface area contributed by atoms with Crippen molar-refractivity contribution in [3.05, 3.63) is 58.9 Å². The van der Waals surface area contributed by atoms with E-state index in [1.54, 1.807) is 52.3 Å². The second-order valence-corrected chi connectivity index (χ2v) is 10.4. The number of carbonyl (C=O) groups is 1. The summed E-state index contributed by atoms with van der Waals surface area (Å²) in [6.45, 7) is 1.83. The van der Waals surface area contributed by atoms with E-state index in [-0.39, 0.29) is 18.3 Å². The number of hydrogen-bond acceptors (Lipinski definition) is 3. The fourth-order valence-corrected chi connectivity index (χ4v) is 5.30. The first kappa shape index (κ1) is 22.0. The minimum Gasteiger partial charge on any atom is -0.325 e. The molecule has 2 fully saturated rings. The van der Waals surface area contributed by atoms with Crippen LogP contribution in [0.25, 0.3) is 11.1 Å². The molecule has 2 aliphatic rings. The van der Waals surface area contributed by atoms with Crippen LogP contribution in [0.2, 0.25) is 5.02 Å². The third-order valence-electron chi connectivity index (χ3n) is 5.93. The zero-order chi connectivity index (χ0) is 22.2. The number of benzene rings is 2. The van der Waals surface area contributed by atoms with E-state index in [0.717, 1.165) is 12.7 Å². The number of sulfonamides is 1. The maximum Gasteiger partial charge on any atom is 0.320 e. The summed E-state index contributed by atoms with van der Waals surface area (Å²) in [6.07, 6.45) is 2.77. The van der Waals surface area contributed by atoms with Crippen LogP contribution in [0, 0.1) is 5.82 Å². The number of likely N-dealkylation sites (tertiary alicyclic amines) is 2. The highest BCUT2D eigenvalue weighted by molar-refractivity contribution is 7.88. The van der Waals surface area contributed by atoms with Crippen molar-refractivity contribution in [3.63, 3.8) is 0 Å². The Balaban J connectivity index is 1.65. The van der Waals surface area contributed by atoms with E-state index < -0.39 is 22.1 Å². The Hall–Kier alpha value is -2.16. The largest absolute Gasteiger partial charge is 0.325 e. The number of amides is 2. The fraction of sp³-hybridized carbons (Fsp3) is 0.409. The van der Waals surface area contributed by atoms with Gasteiger partial charge in [-0.1, -0.05) is 41.9 Å². The van der Waals surface area contributed by atoms with E-state index in [0.29, 0.717) is 47.8 Å². The zero-order valence-electron chi connectivity index (χ0n) is 17.2. The maximum atomic E-state index is 15.5. The van der Waals surface area contributed by atoms with Gasteiger partial charge in [-0.15, -0.1) is 0 Å². The van der Waals surface area contributed by atoms with E-state index in [9.17, 15) is 13.2 Å². The van der Waals surface area contributed by atoms with E-state index in [4.69, 9.17) is 11.6 Å². The highest BCUT2D eigenvalue weighted by Crippen LogP contribution is 2.31. The standard InChI is InChI=1S/C22H25ClFN3O3S/c1-31(29,30)25-19-9-12-27(22(28)26-10-4-11-26)20(19)14-16-6-3-8-18(21(16)24)15-5-2-7-17(23)13-15/h2-3,5-8,13,19-20,25H,4,9-12,14H2,1H3/t19-,20-/m0/s1. The molecular formula is C22H25ClFN3O3S. The first-order valence-electron chi connectivity index (χ1n) is 10.3.